The van der Waals surface area contributed by atoms with Crippen molar-refractivity contribution < 1.29 is 19.4 Å². The smallest absolute Gasteiger partial charge is 0.338 e. The molecule has 0 aliphatic heterocycles. The zero-order valence-electron chi connectivity index (χ0n) is 20.2. The van der Waals surface area contributed by atoms with Gasteiger partial charge in [0, 0.05) is 23.4 Å². The Balaban J connectivity index is 0.000000173. The van der Waals surface area contributed by atoms with Crippen LogP contribution in [0.3, 0.4) is 0 Å². The van der Waals surface area contributed by atoms with Gasteiger partial charge in [0.1, 0.15) is 11.5 Å². The molecule has 5 heteroatoms. The van der Waals surface area contributed by atoms with E-state index in [4.69, 9.17) is 10.5 Å². The largest absolute Gasteiger partial charge is 0.508 e. The zero-order chi connectivity index (χ0) is 24.3. The monoisotopic (exact) mass is 461 g/mol. The summed E-state index contributed by atoms with van der Waals surface area (Å²) in [5.41, 5.74) is 10.7. The van der Waals surface area contributed by atoms with E-state index >= 15 is 0 Å². The lowest BCUT2D eigenvalue weighted by Gasteiger charge is -2.43. The summed E-state index contributed by atoms with van der Waals surface area (Å²) in [5.74, 6) is 1.48. The summed E-state index contributed by atoms with van der Waals surface area (Å²) in [5, 5.41) is 9.64. The molecule has 2 aromatic rings. The lowest BCUT2D eigenvalue weighted by Crippen LogP contribution is -2.37. The fourth-order valence-corrected chi connectivity index (χ4v) is 5.74. The molecule has 180 valence electrons. The van der Waals surface area contributed by atoms with Crippen molar-refractivity contribution in [1.29, 1.82) is 0 Å². The van der Waals surface area contributed by atoms with Crippen molar-refractivity contribution in [3.63, 3.8) is 0 Å². The number of anilines is 1. The van der Waals surface area contributed by atoms with Crippen molar-refractivity contribution >= 4 is 17.4 Å². The lowest BCUT2D eigenvalue weighted by molar-refractivity contribution is -0.126. The molecule has 0 heterocycles. The van der Waals surface area contributed by atoms with E-state index in [1.54, 1.807) is 30.3 Å². The second-order valence-electron chi connectivity index (χ2n) is 9.93. The molecule has 0 amide bonds. The van der Waals surface area contributed by atoms with Crippen LogP contribution in [0.25, 0.3) is 0 Å². The Hall–Kier alpha value is -3.08. The first-order valence-electron chi connectivity index (χ1n) is 12.4. The molecule has 34 heavy (non-hydrogen) atoms. The van der Waals surface area contributed by atoms with Gasteiger partial charge in [0.15, 0.2) is 0 Å². The van der Waals surface area contributed by atoms with Gasteiger partial charge in [-0.05, 0) is 85.5 Å². The molecular formula is C29H35NO4. The molecule has 5 rings (SSSR count). The molecular weight excluding hydrogens is 426 g/mol. The van der Waals surface area contributed by atoms with Gasteiger partial charge in [0.2, 0.25) is 0 Å². The van der Waals surface area contributed by atoms with Gasteiger partial charge < -0.3 is 15.6 Å². The summed E-state index contributed by atoms with van der Waals surface area (Å²) in [7, 11) is 0. The van der Waals surface area contributed by atoms with E-state index in [0.29, 0.717) is 41.2 Å². The second-order valence-corrected chi connectivity index (χ2v) is 9.93. The minimum Gasteiger partial charge on any atom is -0.508 e. The van der Waals surface area contributed by atoms with Gasteiger partial charge in [-0.15, -0.1) is 0 Å². The highest BCUT2D eigenvalue weighted by Gasteiger charge is 2.52. The Morgan fingerprint density at radius 1 is 1.18 bits per heavy atom. The van der Waals surface area contributed by atoms with Crippen LogP contribution in [0.1, 0.15) is 79.8 Å². The molecule has 0 bridgehead atoms. The molecule has 0 aromatic heterocycles. The fourth-order valence-electron chi connectivity index (χ4n) is 5.74. The number of allylic oxidation sites excluding steroid dienone is 2. The average molecular weight is 462 g/mol. The van der Waals surface area contributed by atoms with Crippen molar-refractivity contribution in [2.45, 2.75) is 64.7 Å². The van der Waals surface area contributed by atoms with Gasteiger partial charge in [-0.3, -0.25) is 4.79 Å². The van der Waals surface area contributed by atoms with Gasteiger partial charge in [-0.1, -0.05) is 38.0 Å². The van der Waals surface area contributed by atoms with Crippen molar-refractivity contribution in [3.05, 3.63) is 70.8 Å². The first-order chi connectivity index (χ1) is 16.3. The number of phenols is 1. The molecule has 3 aliphatic carbocycles. The molecule has 3 atom stereocenters. The molecule has 5 nitrogen and oxygen atoms in total. The maximum atomic E-state index is 12.2. The van der Waals surface area contributed by atoms with Crippen LogP contribution in [-0.2, 0) is 16.0 Å². The van der Waals surface area contributed by atoms with Crippen LogP contribution in [0.5, 0.6) is 5.75 Å². The Morgan fingerprint density at radius 2 is 1.94 bits per heavy atom. The SMILES string of the molecule is CC12CCC3C(=CCc4cc(O)ccc43)C1CCC2=O.CCCCOC(=O)c1ccc(N)cc1. The summed E-state index contributed by atoms with van der Waals surface area (Å²) >= 11 is 0. The standard InChI is InChI=1S/C18H20O2.C11H15NO2/c1-18-9-8-14-13-5-3-12(19)10-11(13)2-4-15(14)16(18)6-7-17(18)20;1-2-3-8-14-11(13)9-4-6-10(12)7-5-9/h3-5,10,14,16,19H,2,6-9H2,1H3;4-7H,2-3,8,12H2,1H3. The third kappa shape index (κ3) is 4.75. The number of carbonyl (C=O) groups excluding carboxylic acids is 2. The number of esters is 1. The highest BCUT2D eigenvalue weighted by molar-refractivity contribution is 5.89. The second kappa shape index (κ2) is 10.0. The van der Waals surface area contributed by atoms with Crippen LogP contribution in [0, 0.1) is 11.3 Å². The first-order valence-corrected chi connectivity index (χ1v) is 12.4. The average Bonchev–Trinajstić information content (AvgIpc) is 3.14. The highest BCUT2D eigenvalue weighted by Crippen LogP contribution is 2.57. The molecule has 3 unspecified atom stereocenters. The van der Waals surface area contributed by atoms with E-state index in [2.05, 4.69) is 26.0 Å². The molecule has 3 aliphatic rings. The quantitative estimate of drug-likeness (QED) is 0.254. The summed E-state index contributed by atoms with van der Waals surface area (Å²) in [6, 6.07) is 12.5. The van der Waals surface area contributed by atoms with Gasteiger partial charge in [0.05, 0.1) is 12.2 Å². The number of ether oxygens (including phenoxy) is 1. The Kier molecular flexibility index (Phi) is 7.11. The number of Topliss-reactive ketones (excluding diaryl/α,β-unsaturated/α-hetero) is 1. The molecule has 2 saturated carbocycles. The number of fused-ring (bicyclic) bond motifs is 5. The molecule has 0 saturated heterocycles. The molecule has 0 spiro atoms. The molecule has 0 radical (unpaired) electrons. The van der Waals surface area contributed by atoms with Crippen molar-refractivity contribution in [3.8, 4) is 5.75 Å². The van der Waals surface area contributed by atoms with Gasteiger partial charge in [-0.25, -0.2) is 4.79 Å². The normalized spacial score (nSPS) is 24.6. The van der Waals surface area contributed by atoms with Crippen molar-refractivity contribution in [1.82, 2.24) is 0 Å². The Morgan fingerprint density at radius 3 is 2.68 bits per heavy atom. The number of carbonyl (C=O) groups is 2. The summed E-state index contributed by atoms with van der Waals surface area (Å²) in [4.78, 5) is 23.6. The maximum Gasteiger partial charge on any atom is 0.338 e. The number of unbranched alkanes of at least 4 members (excludes halogenated alkanes) is 1. The number of hydrogen-bond acceptors (Lipinski definition) is 5. The van der Waals surface area contributed by atoms with Crippen molar-refractivity contribution in [2.75, 3.05) is 12.3 Å². The predicted molar refractivity (Wildman–Crippen MR) is 134 cm³/mol. The molecule has 3 N–H and O–H groups in total. The van der Waals surface area contributed by atoms with Crippen molar-refractivity contribution in [2.24, 2.45) is 11.3 Å². The van der Waals surface area contributed by atoms with E-state index in [9.17, 15) is 14.7 Å². The topological polar surface area (TPSA) is 89.6 Å². The third-order valence-electron chi connectivity index (χ3n) is 7.76. The van der Waals surface area contributed by atoms with E-state index < -0.39 is 0 Å². The number of ketones is 1. The van der Waals surface area contributed by atoms with Crippen LogP contribution < -0.4 is 5.73 Å². The predicted octanol–water partition coefficient (Wildman–Crippen LogP) is 5.96. The molecule has 2 fully saturated rings. The molecule has 2 aromatic carbocycles. The summed E-state index contributed by atoms with van der Waals surface area (Å²) < 4.78 is 5.03. The number of nitrogen functional groups attached to an aromatic ring is 1. The van der Waals surface area contributed by atoms with E-state index in [0.717, 1.165) is 44.9 Å². The zero-order valence-corrected chi connectivity index (χ0v) is 20.2. The van der Waals surface area contributed by atoms with Crippen LogP contribution in [-0.4, -0.2) is 23.5 Å². The number of benzene rings is 2. The minimum absolute atomic E-state index is 0.100. The number of rotatable bonds is 4. The number of hydrogen-bond donors (Lipinski definition) is 2. The van der Waals surface area contributed by atoms with Crippen LogP contribution >= 0.6 is 0 Å². The number of aromatic hydroxyl groups is 1. The first kappa shape index (κ1) is 24.1. The third-order valence-corrected chi connectivity index (χ3v) is 7.76. The Bertz CT molecular complexity index is 1090. The summed E-state index contributed by atoms with van der Waals surface area (Å²) in [6.45, 7) is 4.72. The van der Waals surface area contributed by atoms with E-state index in [1.165, 1.54) is 16.7 Å². The van der Waals surface area contributed by atoms with Crippen LogP contribution in [0.15, 0.2) is 54.1 Å². The minimum atomic E-state index is -0.279. The Labute approximate surface area is 202 Å². The van der Waals surface area contributed by atoms with Gasteiger partial charge in [-0.2, -0.15) is 0 Å². The number of nitrogens with two attached hydrogens (primary N) is 1. The lowest BCUT2D eigenvalue weighted by atomic mass is 9.60. The highest BCUT2D eigenvalue weighted by atomic mass is 16.5. The van der Waals surface area contributed by atoms with Gasteiger partial charge in [0.25, 0.3) is 0 Å². The van der Waals surface area contributed by atoms with Crippen LogP contribution in [0.2, 0.25) is 0 Å². The van der Waals surface area contributed by atoms with Gasteiger partial charge >= 0.3 is 5.97 Å². The fraction of sp³-hybridized carbons (Fsp3) is 0.448. The van der Waals surface area contributed by atoms with E-state index in [1.807, 2.05) is 6.07 Å². The van der Waals surface area contributed by atoms with E-state index in [-0.39, 0.29) is 11.4 Å². The van der Waals surface area contributed by atoms with Crippen LogP contribution in [0.4, 0.5) is 5.69 Å². The number of phenolic OH excluding ortho intramolecular Hbond substituents is 1. The maximum absolute atomic E-state index is 12.2. The summed E-state index contributed by atoms with van der Waals surface area (Å²) in [6.07, 6.45) is 9.04.